The summed E-state index contributed by atoms with van der Waals surface area (Å²) in [4.78, 5) is 22.8. The number of methoxy groups -OCH3 is 1. The molecule has 0 heterocycles. The Bertz CT molecular complexity index is 460. The lowest BCUT2D eigenvalue weighted by Crippen LogP contribution is -2.17. The molecule has 0 amide bonds. The first-order valence-corrected chi connectivity index (χ1v) is 5.90. The minimum Gasteiger partial charge on any atom is -0.469 e. The van der Waals surface area contributed by atoms with Gasteiger partial charge in [-0.1, -0.05) is 0 Å². The number of rotatable bonds is 5. The van der Waals surface area contributed by atoms with Crippen LogP contribution >= 0.6 is 11.6 Å². The van der Waals surface area contributed by atoms with Crippen molar-refractivity contribution in [3.05, 3.63) is 35.1 Å². The van der Waals surface area contributed by atoms with E-state index in [0.29, 0.717) is 11.1 Å². The maximum atomic E-state index is 13.1. The zero-order valence-corrected chi connectivity index (χ0v) is 11.0. The summed E-state index contributed by atoms with van der Waals surface area (Å²) in [5.41, 5.74) is 0.733. The van der Waals surface area contributed by atoms with E-state index in [1.165, 1.54) is 25.3 Å². The first-order valence-electron chi connectivity index (χ1n) is 5.47. The van der Waals surface area contributed by atoms with E-state index in [4.69, 9.17) is 11.6 Å². The van der Waals surface area contributed by atoms with Crippen molar-refractivity contribution in [3.8, 4) is 0 Å². The van der Waals surface area contributed by atoms with Crippen LogP contribution in [0.2, 0.25) is 0 Å². The van der Waals surface area contributed by atoms with Crippen LogP contribution in [0.1, 0.15) is 28.8 Å². The maximum absolute atomic E-state index is 13.1. The normalized spacial score (nSPS) is 12.0. The van der Waals surface area contributed by atoms with Crippen LogP contribution in [0.5, 0.6) is 0 Å². The third-order valence-electron chi connectivity index (χ3n) is 2.56. The highest BCUT2D eigenvalue weighted by atomic mass is 35.5. The van der Waals surface area contributed by atoms with Crippen molar-refractivity contribution in [2.75, 3.05) is 7.11 Å². The lowest BCUT2D eigenvalue weighted by Gasteiger charge is -2.08. The quantitative estimate of drug-likeness (QED) is 0.470. The lowest BCUT2D eigenvalue weighted by molar-refractivity contribution is -0.140. The zero-order valence-electron chi connectivity index (χ0n) is 10.2. The van der Waals surface area contributed by atoms with Crippen molar-refractivity contribution in [1.82, 2.24) is 0 Å². The molecule has 5 heteroatoms. The summed E-state index contributed by atoms with van der Waals surface area (Å²) in [5, 5.41) is -0.811. The van der Waals surface area contributed by atoms with Crippen LogP contribution in [0.15, 0.2) is 18.2 Å². The molecule has 0 aliphatic carbocycles. The Balaban J connectivity index is 2.68. The van der Waals surface area contributed by atoms with Crippen molar-refractivity contribution in [2.45, 2.75) is 25.1 Å². The Hall–Kier alpha value is -1.42. The van der Waals surface area contributed by atoms with E-state index >= 15 is 0 Å². The molecule has 0 N–H and O–H groups in total. The number of halogens is 2. The molecule has 1 unspecified atom stereocenters. The molecule has 0 saturated carbocycles. The molecule has 0 spiro atoms. The first-order chi connectivity index (χ1) is 8.45. The topological polar surface area (TPSA) is 43.4 Å². The summed E-state index contributed by atoms with van der Waals surface area (Å²) in [6.45, 7) is 1.57. The molecule has 0 fully saturated rings. The third-order valence-corrected chi connectivity index (χ3v) is 2.97. The zero-order chi connectivity index (χ0) is 13.7. The second-order valence-electron chi connectivity index (χ2n) is 3.91. The van der Waals surface area contributed by atoms with Crippen LogP contribution in [0.25, 0.3) is 0 Å². The minimum atomic E-state index is -0.811. The van der Waals surface area contributed by atoms with Gasteiger partial charge in [0.25, 0.3) is 0 Å². The number of Topliss-reactive ketones (excluding diaryl/α,β-unsaturated/α-hetero) is 1. The molecule has 3 nitrogen and oxygen atoms in total. The van der Waals surface area contributed by atoms with E-state index in [2.05, 4.69) is 4.74 Å². The Morgan fingerprint density at radius 1 is 1.44 bits per heavy atom. The summed E-state index contributed by atoms with van der Waals surface area (Å²) >= 11 is 5.91. The lowest BCUT2D eigenvalue weighted by atomic mass is 10.0. The highest BCUT2D eigenvalue weighted by Crippen LogP contribution is 2.16. The van der Waals surface area contributed by atoms with Gasteiger partial charge in [-0.25, -0.2) is 4.39 Å². The van der Waals surface area contributed by atoms with Gasteiger partial charge >= 0.3 is 5.97 Å². The molecule has 0 bridgehead atoms. The van der Waals surface area contributed by atoms with E-state index in [0.717, 1.165) is 0 Å². The number of hydrogen-bond donors (Lipinski definition) is 0. The number of hydrogen-bond acceptors (Lipinski definition) is 3. The van der Waals surface area contributed by atoms with Crippen molar-refractivity contribution in [2.24, 2.45) is 0 Å². The van der Waals surface area contributed by atoms with Crippen LogP contribution in [0, 0.1) is 12.7 Å². The van der Waals surface area contributed by atoms with Crippen molar-refractivity contribution in [3.63, 3.8) is 0 Å². The molecule has 0 aliphatic rings. The van der Waals surface area contributed by atoms with Gasteiger partial charge in [0.1, 0.15) is 5.82 Å². The number of benzene rings is 1. The Kier molecular flexibility index (Phi) is 5.28. The number of ketones is 1. The number of alkyl halides is 1. The number of aryl methyl sites for hydroxylation is 1. The summed E-state index contributed by atoms with van der Waals surface area (Å²) < 4.78 is 17.5. The van der Waals surface area contributed by atoms with Gasteiger partial charge in [-0.15, -0.1) is 11.6 Å². The third kappa shape index (κ3) is 3.81. The van der Waals surface area contributed by atoms with Gasteiger partial charge in [-0.05, 0) is 37.1 Å². The van der Waals surface area contributed by atoms with Crippen LogP contribution in [-0.2, 0) is 9.53 Å². The highest BCUT2D eigenvalue weighted by Gasteiger charge is 2.19. The molecular formula is C13H14ClFO3. The molecule has 18 heavy (non-hydrogen) atoms. The smallest absolute Gasteiger partial charge is 0.305 e. The van der Waals surface area contributed by atoms with E-state index in [1.807, 2.05) is 0 Å². The molecule has 0 saturated heterocycles. The van der Waals surface area contributed by atoms with Crippen molar-refractivity contribution < 1.29 is 18.7 Å². The molecule has 0 radical (unpaired) electrons. The summed E-state index contributed by atoms with van der Waals surface area (Å²) in [5.74, 6) is -1.10. The second-order valence-corrected chi connectivity index (χ2v) is 4.44. The standard InChI is InChI=1S/C13H14ClFO3/c1-8-7-9(3-5-11(8)15)13(17)10(14)4-6-12(16)18-2/h3,5,7,10H,4,6H2,1-2H3. The monoisotopic (exact) mass is 272 g/mol. The summed E-state index contributed by atoms with van der Waals surface area (Å²) in [6.07, 6.45) is 0.278. The van der Waals surface area contributed by atoms with Gasteiger partial charge in [0.15, 0.2) is 5.78 Å². The predicted octanol–water partition coefficient (Wildman–Crippen LogP) is 2.88. The number of esters is 1. The van der Waals surface area contributed by atoms with Crippen molar-refractivity contribution >= 4 is 23.4 Å². The molecule has 0 aliphatic heterocycles. The largest absolute Gasteiger partial charge is 0.469 e. The minimum absolute atomic E-state index is 0.0799. The van der Waals surface area contributed by atoms with Gasteiger partial charge in [-0.2, -0.15) is 0 Å². The highest BCUT2D eigenvalue weighted by molar-refractivity contribution is 6.34. The van der Waals surface area contributed by atoms with Gasteiger partial charge < -0.3 is 4.74 Å². The van der Waals surface area contributed by atoms with E-state index in [-0.39, 0.29) is 24.4 Å². The van der Waals surface area contributed by atoms with Gasteiger partial charge in [0.2, 0.25) is 0 Å². The molecule has 1 aromatic rings. The van der Waals surface area contributed by atoms with Crippen LogP contribution < -0.4 is 0 Å². The average Bonchev–Trinajstić information content (AvgIpc) is 2.37. The summed E-state index contributed by atoms with van der Waals surface area (Å²) in [7, 11) is 1.27. The summed E-state index contributed by atoms with van der Waals surface area (Å²) in [6, 6.07) is 4.07. The number of ether oxygens (including phenoxy) is 1. The fourth-order valence-corrected chi connectivity index (χ4v) is 1.69. The fourth-order valence-electron chi connectivity index (χ4n) is 1.46. The number of carbonyl (C=O) groups excluding carboxylic acids is 2. The first kappa shape index (κ1) is 14.6. The molecule has 98 valence electrons. The molecule has 1 aromatic carbocycles. The average molecular weight is 273 g/mol. The van der Waals surface area contributed by atoms with E-state index in [1.54, 1.807) is 6.92 Å². The Morgan fingerprint density at radius 2 is 2.11 bits per heavy atom. The van der Waals surface area contributed by atoms with E-state index in [9.17, 15) is 14.0 Å². The molecule has 1 rings (SSSR count). The Morgan fingerprint density at radius 3 is 2.67 bits per heavy atom. The molecule has 0 aromatic heterocycles. The van der Waals surface area contributed by atoms with E-state index < -0.39 is 11.3 Å². The maximum Gasteiger partial charge on any atom is 0.305 e. The molecular weight excluding hydrogens is 259 g/mol. The second kappa shape index (κ2) is 6.50. The predicted molar refractivity (Wildman–Crippen MR) is 66.4 cm³/mol. The van der Waals surface area contributed by atoms with Crippen LogP contribution in [0.4, 0.5) is 4.39 Å². The van der Waals surface area contributed by atoms with Crippen LogP contribution in [0.3, 0.4) is 0 Å². The van der Waals surface area contributed by atoms with Gasteiger partial charge in [0, 0.05) is 12.0 Å². The SMILES string of the molecule is COC(=O)CCC(Cl)C(=O)c1ccc(F)c(C)c1. The fraction of sp³-hybridized carbons (Fsp3) is 0.385. The Labute approximate surface area is 110 Å². The number of carbonyl (C=O) groups is 2. The van der Waals surface area contributed by atoms with Crippen molar-refractivity contribution in [1.29, 1.82) is 0 Å². The van der Waals surface area contributed by atoms with Gasteiger partial charge in [0.05, 0.1) is 12.5 Å². The van der Waals surface area contributed by atoms with Gasteiger partial charge in [-0.3, -0.25) is 9.59 Å². The van der Waals surface area contributed by atoms with Crippen LogP contribution in [-0.4, -0.2) is 24.2 Å². The molecule has 1 atom stereocenters.